The van der Waals surface area contributed by atoms with Crippen LogP contribution in [0.3, 0.4) is 0 Å². The summed E-state index contributed by atoms with van der Waals surface area (Å²) in [7, 11) is 0. The summed E-state index contributed by atoms with van der Waals surface area (Å²) in [5, 5.41) is 0. The predicted octanol–water partition coefficient (Wildman–Crippen LogP) is 3.30. The van der Waals surface area contributed by atoms with Gasteiger partial charge in [-0.25, -0.2) is 0 Å². The van der Waals surface area contributed by atoms with Crippen LogP contribution in [0.2, 0.25) is 0 Å². The fourth-order valence-corrected chi connectivity index (χ4v) is 3.24. The van der Waals surface area contributed by atoms with Crippen LogP contribution in [0.15, 0.2) is 18.2 Å². The highest BCUT2D eigenvalue weighted by Gasteiger charge is 2.24. The lowest BCUT2D eigenvalue weighted by atomic mass is 9.93. The molecular formula is C17H28N2. The zero-order valence-corrected chi connectivity index (χ0v) is 12.5. The monoisotopic (exact) mass is 260 g/mol. The number of rotatable bonds is 6. The standard InChI is InChI=1S/C17H28N2/c1-3-14-7-8-15(4-2)16(13-14)17(9-10-18)19-11-5-6-12-19/h7-8,13,17H,3-6,9-12,18H2,1-2H3. The Morgan fingerprint density at radius 3 is 2.47 bits per heavy atom. The van der Waals surface area contributed by atoms with Gasteiger partial charge in [0.05, 0.1) is 0 Å². The molecule has 1 aromatic carbocycles. The molecule has 19 heavy (non-hydrogen) atoms. The zero-order valence-electron chi connectivity index (χ0n) is 12.5. The molecule has 1 saturated heterocycles. The smallest absolute Gasteiger partial charge is 0.0362 e. The molecule has 0 spiro atoms. The molecule has 1 atom stereocenters. The Balaban J connectivity index is 2.32. The largest absolute Gasteiger partial charge is 0.330 e. The summed E-state index contributed by atoms with van der Waals surface area (Å²) in [6, 6.07) is 7.57. The second-order valence-corrected chi connectivity index (χ2v) is 5.58. The second-order valence-electron chi connectivity index (χ2n) is 5.58. The van der Waals surface area contributed by atoms with E-state index in [9.17, 15) is 0 Å². The van der Waals surface area contributed by atoms with E-state index in [1.807, 2.05) is 0 Å². The summed E-state index contributed by atoms with van der Waals surface area (Å²) in [5.41, 5.74) is 10.4. The van der Waals surface area contributed by atoms with Crippen molar-refractivity contribution in [2.45, 2.75) is 52.0 Å². The number of nitrogens with two attached hydrogens (primary N) is 1. The van der Waals surface area contributed by atoms with Crippen molar-refractivity contribution in [2.75, 3.05) is 19.6 Å². The van der Waals surface area contributed by atoms with Crippen molar-refractivity contribution in [1.29, 1.82) is 0 Å². The number of benzene rings is 1. The van der Waals surface area contributed by atoms with E-state index >= 15 is 0 Å². The second kappa shape index (κ2) is 7.06. The first-order valence-electron chi connectivity index (χ1n) is 7.86. The molecule has 1 heterocycles. The van der Waals surface area contributed by atoms with E-state index in [1.165, 1.54) is 42.6 Å². The Kier molecular flexibility index (Phi) is 5.41. The molecule has 0 aromatic heterocycles. The molecule has 0 radical (unpaired) electrons. The summed E-state index contributed by atoms with van der Waals surface area (Å²) in [4.78, 5) is 2.64. The fourth-order valence-electron chi connectivity index (χ4n) is 3.24. The van der Waals surface area contributed by atoms with Crippen LogP contribution in [-0.2, 0) is 12.8 Å². The Labute approximate surface area is 118 Å². The lowest BCUT2D eigenvalue weighted by molar-refractivity contribution is 0.235. The van der Waals surface area contributed by atoms with Crippen LogP contribution < -0.4 is 5.73 Å². The molecular weight excluding hydrogens is 232 g/mol. The van der Waals surface area contributed by atoms with Crippen LogP contribution in [0.5, 0.6) is 0 Å². The molecule has 0 bridgehead atoms. The van der Waals surface area contributed by atoms with Crippen molar-refractivity contribution in [3.8, 4) is 0 Å². The van der Waals surface area contributed by atoms with Gasteiger partial charge < -0.3 is 5.73 Å². The van der Waals surface area contributed by atoms with Gasteiger partial charge in [0.2, 0.25) is 0 Å². The van der Waals surface area contributed by atoms with Crippen molar-refractivity contribution in [1.82, 2.24) is 4.90 Å². The molecule has 1 unspecified atom stereocenters. The van der Waals surface area contributed by atoms with Gasteiger partial charge in [0, 0.05) is 6.04 Å². The predicted molar refractivity (Wildman–Crippen MR) is 82.4 cm³/mol. The molecule has 2 rings (SSSR count). The summed E-state index contributed by atoms with van der Waals surface area (Å²) in [5.74, 6) is 0. The maximum Gasteiger partial charge on any atom is 0.0362 e. The topological polar surface area (TPSA) is 29.3 Å². The summed E-state index contributed by atoms with van der Waals surface area (Å²) in [6.45, 7) is 7.75. The van der Waals surface area contributed by atoms with E-state index in [0.717, 1.165) is 25.8 Å². The number of hydrogen-bond donors (Lipinski definition) is 1. The number of nitrogens with zero attached hydrogens (tertiary/aromatic N) is 1. The van der Waals surface area contributed by atoms with Crippen molar-refractivity contribution in [3.63, 3.8) is 0 Å². The fraction of sp³-hybridized carbons (Fsp3) is 0.647. The SMILES string of the molecule is CCc1ccc(CC)c(C(CCN)N2CCCC2)c1. The van der Waals surface area contributed by atoms with E-state index in [4.69, 9.17) is 5.73 Å². The van der Waals surface area contributed by atoms with Crippen molar-refractivity contribution in [3.05, 3.63) is 34.9 Å². The third-order valence-electron chi connectivity index (χ3n) is 4.38. The van der Waals surface area contributed by atoms with E-state index in [2.05, 4.69) is 36.9 Å². The van der Waals surface area contributed by atoms with Gasteiger partial charge >= 0.3 is 0 Å². The highest BCUT2D eigenvalue weighted by Crippen LogP contribution is 2.31. The number of aryl methyl sites for hydroxylation is 2. The van der Waals surface area contributed by atoms with Gasteiger partial charge in [0.25, 0.3) is 0 Å². The molecule has 0 amide bonds. The quantitative estimate of drug-likeness (QED) is 0.850. The first-order valence-corrected chi connectivity index (χ1v) is 7.86. The molecule has 2 N–H and O–H groups in total. The van der Waals surface area contributed by atoms with Gasteiger partial charge in [-0.1, -0.05) is 32.0 Å². The minimum Gasteiger partial charge on any atom is -0.330 e. The van der Waals surface area contributed by atoms with Crippen LogP contribution in [0, 0.1) is 0 Å². The van der Waals surface area contributed by atoms with Gasteiger partial charge in [0.1, 0.15) is 0 Å². The van der Waals surface area contributed by atoms with Crippen LogP contribution in [0.4, 0.5) is 0 Å². The van der Waals surface area contributed by atoms with Crippen molar-refractivity contribution in [2.24, 2.45) is 5.73 Å². The molecule has 1 aromatic rings. The normalized spacial score (nSPS) is 17.8. The molecule has 106 valence electrons. The number of likely N-dealkylation sites (tertiary alicyclic amines) is 1. The Morgan fingerprint density at radius 1 is 1.16 bits per heavy atom. The van der Waals surface area contributed by atoms with Crippen LogP contribution in [-0.4, -0.2) is 24.5 Å². The maximum absolute atomic E-state index is 5.87. The van der Waals surface area contributed by atoms with Crippen LogP contribution in [0.25, 0.3) is 0 Å². The lowest BCUT2D eigenvalue weighted by Crippen LogP contribution is -2.28. The lowest BCUT2D eigenvalue weighted by Gasteiger charge is -2.29. The van der Waals surface area contributed by atoms with Gasteiger partial charge in [0.15, 0.2) is 0 Å². The average molecular weight is 260 g/mol. The Morgan fingerprint density at radius 2 is 1.89 bits per heavy atom. The van der Waals surface area contributed by atoms with Crippen molar-refractivity contribution < 1.29 is 0 Å². The minimum absolute atomic E-state index is 0.536. The Hall–Kier alpha value is -0.860. The molecule has 1 fully saturated rings. The Bertz CT molecular complexity index is 394. The first kappa shape index (κ1) is 14.5. The first-order chi connectivity index (χ1) is 9.30. The number of hydrogen-bond acceptors (Lipinski definition) is 2. The van der Waals surface area contributed by atoms with E-state index in [0.29, 0.717) is 6.04 Å². The third kappa shape index (κ3) is 3.37. The highest BCUT2D eigenvalue weighted by atomic mass is 15.2. The molecule has 1 aliphatic heterocycles. The molecule has 1 aliphatic rings. The van der Waals surface area contributed by atoms with Gasteiger partial charge in [-0.15, -0.1) is 0 Å². The molecule has 0 saturated carbocycles. The summed E-state index contributed by atoms with van der Waals surface area (Å²) >= 11 is 0. The summed E-state index contributed by atoms with van der Waals surface area (Å²) < 4.78 is 0. The zero-order chi connectivity index (χ0) is 13.7. The minimum atomic E-state index is 0.536. The van der Waals surface area contributed by atoms with E-state index in [1.54, 1.807) is 0 Å². The van der Waals surface area contributed by atoms with E-state index in [-0.39, 0.29) is 0 Å². The average Bonchev–Trinajstić information content (AvgIpc) is 2.98. The van der Waals surface area contributed by atoms with E-state index < -0.39 is 0 Å². The van der Waals surface area contributed by atoms with Crippen molar-refractivity contribution >= 4 is 0 Å². The van der Waals surface area contributed by atoms with Crippen LogP contribution >= 0.6 is 0 Å². The van der Waals surface area contributed by atoms with Gasteiger partial charge in [-0.3, -0.25) is 4.90 Å². The molecule has 2 nitrogen and oxygen atoms in total. The third-order valence-corrected chi connectivity index (χ3v) is 4.38. The van der Waals surface area contributed by atoms with Gasteiger partial charge in [-0.2, -0.15) is 0 Å². The van der Waals surface area contributed by atoms with Gasteiger partial charge in [-0.05, 0) is 68.4 Å². The highest BCUT2D eigenvalue weighted by molar-refractivity contribution is 5.35. The van der Waals surface area contributed by atoms with Crippen LogP contribution in [0.1, 0.15) is 55.8 Å². The molecule has 2 heteroatoms. The maximum atomic E-state index is 5.87. The summed E-state index contributed by atoms with van der Waals surface area (Å²) in [6.07, 6.45) is 6.01. The molecule has 0 aliphatic carbocycles.